The van der Waals surface area contributed by atoms with Crippen molar-refractivity contribution in [2.24, 2.45) is 7.05 Å². The minimum Gasteiger partial charge on any atom is -0.291 e. The average molecular weight is 356 g/mol. The fourth-order valence-corrected chi connectivity index (χ4v) is 3.41. The first-order chi connectivity index (χ1) is 13.0. The summed E-state index contributed by atoms with van der Waals surface area (Å²) in [5.41, 5.74) is 7.13. The summed E-state index contributed by atoms with van der Waals surface area (Å²) in [6.07, 6.45) is 3.55. The normalized spacial score (nSPS) is 11.3. The third-order valence-corrected chi connectivity index (χ3v) is 4.66. The predicted octanol–water partition coefficient (Wildman–Crippen LogP) is 4.10. The molecule has 0 N–H and O–H groups in total. The molecule has 0 atom stereocenters. The zero-order valence-corrected chi connectivity index (χ0v) is 15.8. The Kier molecular flexibility index (Phi) is 4.00. The van der Waals surface area contributed by atoms with Crippen LogP contribution in [0.25, 0.3) is 28.2 Å². The summed E-state index contributed by atoms with van der Waals surface area (Å²) in [5, 5.41) is 14.1. The second-order valence-electron chi connectivity index (χ2n) is 6.95. The number of nitriles is 1. The van der Waals surface area contributed by atoms with Crippen molar-refractivity contribution in [2.45, 2.75) is 26.7 Å². The summed E-state index contributed by atoms with van der Waals surface area (Å²) in [6, 6.07) is 12.2. The topological polar surface area (TPSA) is 71.8 Å². The molecule has 134 valence electrons. The average Bonchev–Trinajstić information content (AvgIpc) is 3.21. The number of aromatic nitrogens is 5. The second-order valence-corrected chi connectivity index (χ2v) is 6.95. The zero-order chi connectivity index (χ0) is 19.1. The third-order valence-electron chi connectivity index (χ3n) is 4.66. The molecule has 0 saturated carbocycles. The Hall–Kier alpha value is -3.46. The van der Waals surface area contributed by atoms with E-state index >= 15 is 0 Å². The Balaban J connectivity index is 2.03. The number of pyridine rings is 2. The van der Waals surface area contributed by atoms with Crippen LogP contribution < -0.4 is 0 Å². The van der Waals surface area contributed by atoms with Crippen LogP contribution in [0, 0.1) is 18.3 Å². The van der Waals surface area contributed by atoms with E-state index in [-0.39, 0.29) is 5.92 Å². The van der Waals surface area contributed by atoms with Crippen LogP contribution in [0.1, 0.15) is 36.8 Å². The van der Waals surface area contributed by atoms with Crippen molar-refractivity contribution in [3.63, 3.8) is 0 Å². The summed E-state index contributed by atoms with van der Waals surface area (Å²) in [5.74, 6) is 0.249. The third kappa shape index (κ3) is 2.77. The molecular weight excluding hydrogens is 336 g/mol. The van der Waals surface area contributed by atoms with Gasteiger partial charge in [0.2, 0.25) is 0 Å². The molecule has 0 aliphatic carbocycles. The quantitative estimate of drug-likeness (QED) is 0.554. The minimum atomic E-state index is 0.249. The van der Waals surface area contributed by atoms with Gasteiger partial charge in [0, 0.05) is 30.1 Å². The summed E-state index contributed by atoms with van der Waals surface area (Å²) in [4.78, 5) is 9.00. The molecule has 6 heteroatoms. The molecule has 0 aliphatic heterocycles. The molecule has 0 spiro atoms. The molecule has 0 unspecified atom stereocenters. The van der Waals surface area contributed by atoms with Gasteiger partial charge in [-0.25, -0.2) is 4.98 Å². The Bertz CT molecular complexity index is 1190. The van der Waals surface area contributed by atoms with Crippen LogP contribution in [0.15, 0.2) is 42.7 Å². The molecule has 0 bridgehead atoms. The highest BCUT2D eigenvalue weighted by Gasteiger charge is 2.22. The van der Waals surface area contributed by atoms with E-state index in [1.54, 1.807) is 6.20 Å². The standard InChI is InChI=1S/C21H20N6/c1-13(2)20-19(15-8-9-18-23-11-16(10-22)27(18)12-15)21(26(4)25-20)17-7-5-6-14(3)24-17/h5-9,11-13H,1-4H3. The van der Waals surface area contributed by atoms with Crippen LogP contribution in [0.5, 0.6) is 0 Å². The van der Waals surface area contributed by atoms with Crippen molar-refractivity contribution in [3.8, 4) is 28.6 Å². The number of hydrogen-bond donors (Lipinski definition) is 0. The summed E-state index contributed by atoms with van der Waals surface area (Å²) in [7, 11) is 1.95. The fraction of sp³-hybridized carbons (Fsp3) is 0.238. The molecule has 27 heavy (non-hydrogen) atoms. The van der Waals surface area contributed by atoms with Gasteiger partial charge in [-0.05, 0) is 37.1 Å². The van der Waals surface area contributed by atoms with Crippen LogP contribution in [-0.2, 0) is 7.05 Å². The molecule has 4 rings (SSSR count). The van der Waals surface area contributed by atoms with E-state index in [1.807, 2.05) is 59.6 Å². The molecule has 0 saturated heterocycles. The number of fused-ring (bicyclic) bond motifs is 1. The van der Waals surface area contributed by atoms with Crippen LogP contribution in [0.2, 0.25) is 0 Å². The van der Waals surface area contributed by atoms with Crippen molar-refractivity contribution < 1.29 is 0 Å². The van der Waals surface area contributed by atoms with Gasteiger partial charge in [-0.2, -0.15) is 10.4 Å². The highest BCUT2D eigenvalue weighted by Crippen LogP contribution is 2.37. The van der Waals surface area contributed by atoms with Gasteiger partial charge in [0.25, 0.3) is 0 Å². The van der Waals surface area contributed by atoms with Gasteiger partial charge in [0.05, 0.1) is 23.3 Å². The molecule has 0 radical (unpaired) electrons. The van der Waals surface area contributed by atoms with E-state index in [0.29, 0.717) is 5.69 Å². The largest absolute Gasteiger partial charge is 0.291 e. The van der Waals surface area contributed by atoms with Gasteiger partial charge in [0.1, 0.15) is 17.4 Å². The van der Waals surface area contributed by atoms with Crippen LogP contribution in [0.3, 0.4) is 0 Å². The highest BCUT2D eigenvalue weighted by atomic mass is 15.3. The lowest BCUT2D eigenvalue weighted by atomic mass is 9.97. The Morgan fingerprint density at radius 3 is 2.67 bits per heavy atom. The zero-order valence-electron chi connectivity index (χ0n) is 15.8. The van der Waals surface area contributed by atoms with E-state index in [4.69, 9.17) is 10.1 Å². The highest BCUT2D eigenvalue weighted by molar-refractivity contribution is 5.82. The van der Waals surface area contributed by atoms with Gasteiger partial charge >= 0.3 is 0 Å². The van der Waals surface area contributed by atoms with E-state index in [2.05, 4.69) is 24.9 Å². The van der Waals surface area contributed by atoms with E-state index in [0.717, 1.165) is 39.5 Å². The Morgan fingerprint density at radius 2 is 1.96 bits per heavy atom. The smallest absolute Gasteiger partial charge is 0.144 e. The lowest BCUT2D eigenvalue weighted by Gasteiger charge is -2.10. The molecule has 0 aromatic carbocycles. The molecule has 6 nitrogen and oxygen atoms in total. The fourth-order valence-electron chi connectivity index (χ4n) is 3.41. The van der Waals surface area contributed by atoms with Crippen molar-refractivity contribution >= 4 is 5.65 Å². The summed E-state index contributed by atoms with van der Waals surface area (Å²) < 4.78 is 3.72. The van der Waals surface area contributed by atoms with Crippen molar-refractivity contribution in [1.29, 1.82) is 5.26 Å². The molecule has 0 aliphatic rings. The molecule has 0 fully saturated rings. The number of rotatable bonds is 3. The molecule has 4 heterocycles. The maximum absolute atomic E-state index is 9.36. The lowest BCUT2D eigenvalue weighted by Crippen LogP contribution is -1.97. The second kappa shape index (κ2) is 6.36. The van der Waals surface area contributed by atoms with Gasteiger partial charge in [-0.3, -0.25) is 14.1 Å². The maximum atomic E-state index is 9.36. The monoisotopic (exact) mass is 356 g/mol. The van der Waals surface area contributed by atoms with Crippen LogP contribution in [-0.4, -0.2) is 24.1 Å². The first kappa shape index (κ1) is 17.0. The predicted molar refractivity (Wildman–Crippen MR) is 104 cm³/mol. The lowest BCUT2D eigenvalue weighted by molar-refractivity contribution is 0.716. The number of nitrogens with zero attached hydrogens (tertiary/aromatic N) is 6. The van der Waals surface area contributed by atoms with Gasteiger partial charge in [-0.1, -0.05) is 19.9 Å². The molecular formula is C21H20N6. The van der Waals surface area contributed by atoms with Gasteiger partial charge < -0.3 is 0 Å². The molecule has 4 aromatic rings. The van der Waals surface area contributed by atoms with Crippen LogP contribution in [0.4, 0.5) is 0 Å². The van der Waals surface area contributed by atoms with Crippen LogP contribution >= 0.6 is 0 Å². The number of aryl methyl sites for hydroxylation is 2. The first-order valence-corrected chi connectivity index (χ1v) is 8.88. The minimum absolute atomic E-state index is 0.249. The number of imidazole rings is 1. The Morgan fingerprint density at radius 1 is 1.15 bits per heavy atom. The van der Waals surface area contributed by atoms with Gasteiger partial charge in [-0.15, -0.1) is 0 Å². The SMILES string of the molecule is Cc1cccc(-c2c(-c3ccc4ncc(C#N)n4c3)c(C(C)C)nn2C)n1. The van der Waals surface area contributed by atoms with E-state index in [1.165, 1.54) is 0 Å². The summed E-state index contributed by atoms with van der Waals surface area (Å²) in [6.45, 7) is 6.26. The molecule has 0 amide bonds. The maximum Gasteiger partial charge on any atom is 0.144 e. The molecule has 4 aromatic heterocycles. The number of hydrogen-bond acceptors (Lipinski definition) is 4. The van der Waals surface area contributed by atoms with Crippen molar-refractivity contribution in [2.75, 3.05) is 0 Å². The summed E-state index contributed by atoms with van der Waals surface area (Å²) >= 11 is 0. The van der Waals surface area contributed by atoms with E-state index in [9.17, 15) is 5.26 Å². The van der Waals surface area contributed by atoms with Gasteiger partial charge in [0.15, 0.2) is 0 Å². The van der Waals surface area contributed by atoms with Crippen molar-refractivity contribution in [1.82, 2.24) is 24.1 Å². The van der Waals surface area contributed by atoms with E-state index < -0.39 is 0 Å². The Labute approximate surface area is 157 Å². The van der Waals surface area contributed by atoms with Crippen molar-refractivity contribution in [3.05, 3.63) is 59.8 Å². The first-order valence-electron chi connectivity index (χ1n) is 8.88.